The van der Waals surface area contributed by atoms with Gasteiger partial charge in [-0.25, -0.2) is 4.39 Å². The molecule has 0 aliphatic carbocycles. The third-order valence-corrected chi connectivity index (χ3v) is 2.22. The lowest BCUT2D eigenvalue weighted by atomic mass is 10.0. The molecular formula is C12H9FN2O. The second-order valence-corrected chi connectivity index (χ2v) is 3.27. The average molecular weight is 216 g/mol. The van der Waals surface area contributed by atoms with Crippen molar-refractivity contribution in [2.75, 3.05) is 5.73 Å². The van der Waals surface area contributed by atoms with E-state index in [1.807, 2.05) is 0 Å². The molecule has 0 aliphatic rings. The van der Waals surface area contributed by atoms with Gasteiger partial charge in [-0.05, 0) is 24.3 Å². The monoisotopic (exact) mass is 216 g/mol. The highest BCUT2D eigenvalue weighted by molar-refractivity contribution is 6.12. The lowest BCUT2D eigenvalue weighted by Gasteiger charge is -2.05. The predicted octanol–water partition coefficient (Wildman–Crippen LogP) is 2.03. The fourth-order valence-electron chi connectivity index (χ4n) is 1.43. The van der Waals surface area contributed by atoms with E-state index in [2.05, 4.69) is 4.98 Å². The second-order valence-electron chi connectivity index (χ2n) is 3.27. The van der Waals surface area contributed by atoms with Gasteiger partial charge in [-0.15, -0.1) is 0 Å². The highest BCUT2D eigenvalue weighted by Crippen LogP contribution is 2.19. The van der Waals surface area contributed by atoms with Crippen molar-refractivity contribution in [3.05, 3.63) is 59.7 Å². The molecule has 4 heteroatoms. The first kappa shape index (κ1) is 10.3. The highest BCUT2D eigenvalue weighted by Gasteiger charge is 2.16. The molecule has 0 unspecified atom stereocenters. The summed E-state index contributed by atoms with van der Waals surface area (Å²) in [6.45, 7) is 0. The summed E-state index contributed by atoms with van der Waals surface area (Å²) in [7, 11) is 0. The molecule has 0 spiro atoms. The number of nitrogen functional groups attached to an aromatic ring is 1. The molecule has 0 saturated heterocycles. The van der Waals surface area contributed by atoms with Crippen LogP contribution in [-0.2, 0) is 0 Å². The molecule has 16 heavy (non-hydrogen) atoms. The minimum absolute atomic E-state index is 0.0892. The van der Waals surface area contributed by atoms with Gasteiger partial charge in [-0.2, -0.15) is 0 Å². The fourth-order valence-corrected chi connectivity index (χ4v) is 1.43. The zero-order valence-corrected chi connectivity index (χ0v) is 8.35. The highest BCUT2D eigenvalue weighted by atomic mass is 19.1. The van der Waals surface area contributed by atoms with Crippen molar-refractivity contribution in [3.8, 4) is 0 Å². The van der Waals surface area contributed by atoms with Gasteiger partial charge >= 0.3 is 0 Å². The molecule has 2 N–H and O–H groups in total. The van der Waals surface area contributed by atoms with Crippen LogP contribution in [0.1, 0.15) is 15.9 Å². The molecule has 0 atom stereocenters. The van der Waals surface area contributed by atoms with Gasteiger partial charge in [0.2, 0.25) is 0 Å². The number of benzene rings is 1. The van der Waals surface area contributed by atoms with Gasteiger partial charge in [0, 0.05) is 23.6 Å². The van der Waals surface area contributed by atoms with Crippen molar-refractivity contribution >= 4 is 11.5 Å². The van der Waals surface area contributed by atoms with Gasteiger partial charge < -0.3 is 5.73 Å². The Labute approximate surface area is 91.7 Å². The summed E-state index contributed by atoms with van der Waals surface area (Å²) in [6.07, 6.45) is 2.95. The van der Waals surface area contributed by atoms with E-state index in [9.17, 15) is 9.18 Å². The Morgan fingerprint density at radius 2 is 1.88 bits per heavy atom. The molecule has 3 nitrogen and oxygen atoms in total. The van der Waals surface area contributed by atoms with Crippen LogP contribution in [0.5, 0.6) is 0 Å². The van der Waals surface area contributed by atoms with Crippen molar-refractivity contribution in [2.24, 2.45) is 0 Å². The maximum absolute atomic E-state index is 13.5. The molecule has 0 aliphatic heterocycles. The lowest BCUT2D eigenvalue weighted by molar-refractivity contribution is 0.103. The number of hydrogen-bond acceptors (Lipinski definition) is 3. The van der Waals surface area contributed by atoms with E-state index in [1.54, 1.807) is 0 Å². The molecule has 2 aromatic rings. The van der Waals surface area contributed by atoms with Gasteiger partial charge in [-0.1, -0.05) is 6.07 Å². The number of ketones is 1. The van der Waals surface area contributed by atoms with Crippen LogP contribution in [0.25, 0.3) is 0 Å². The zero-order valence-electron chi connectivity index (χ0n) is 8.35. The van der Waals surface area contributed by atoms with Crippen LogP contribution in [0.2, 0.25) is 0 Å². The van der Waals surface area contributed by atoms with Crippen LogP contribution in [0.15, 0.2) is 42.7 Å². The van der Waals surface area contributed by atoms with E-state index in [0.717, 1.165) is 0 Å². The van der Waals surface area contributed by atoms with Crippen molar-refractivity contribution in [1.29, 1.82) is 0 Å². The summed E-state index contributed by atoms with van der Waals surface area (Å²) in [5.74, 6) is -1.04. The number of nitrogens with zero attached hydrogens (tertiary/aromatic N) is 1. The molecule has 1 aromatic heterocycles. The van der Waals surface area contributed by atoms with Crippen molar-refractivity contribution in [1.82, 2.24) is 4.98 Å². The molecule has 0 bridgehead atoms. The maximum atomic E-state index is 13.5. The van der Waals surface area contributed by atoms with E-state index in [4.69, 9.17) is 5.73 Å². The minimum Gasteiger partial charge on any atom is -0.398 e. The van der Waals surface area contributed by atoms with E-state index in [-0.39, 0.29) is 11.3 Å². The first-order chi connectivity index (χ1) is 7.70. The molecular weight excluding hydrogens is 207 g/mol. The second kappa shape index (κ2) is 4.10. The molecule has 0 radical (unpaired) electrons. The summed E-state index contributed by atoms with van der Waals surface area (Å²) < 4.78 is 13.5. The Hall–Kier alpha value is -2.23. The Morgan fingerprint density at radius 3 is 2.50 bits per heavy atom. The quantitative estimate of drug-likeness (QED) is 0.617. The molecule has 1 aromatic carbocycles. The van der Waals surface area contributed by atoms with Crippen LogP contribution in [0, 0.1) is 5.82 Å². The third-order valence-electron chi connectivity index (χ3n) is 2.22. The normalized spacial score (nSPS) is 10.1. The van der Waals surface area contributed by atoms with Crippen LogP contribution in [0.3, 0.4) is 0 Å². The number of anilines is 1. The van der Waals surface area contributed by atoms with E-state index in [1.165, 1.54) is 42.7 Å². The largest absolute Gasteiger partial charge is 0.398 e. The first-order valence-electron chi connectivity index (χ1n) is 4.69. The number of nitrogens with two attached hydrogens (primary N) is 1. The zero-order chi connectivity index (χ0) is 11.5. The predicted molar refractivity (Wildman–Crippen MR) is 58.5 cm³/mol. The van der Waals surface area contributed by atoms with E-state index in [0.29, 0.717) is 5.56 Å². The van der Waals surface area contributed by atoms with E-state index < -0.39 is 11.6 Å². The smallest absolute Gasteiger partial charge is 0.198 e. The van der Waals surface area contributed by atoms with Gasteiger partial charge in [0.1, 0.15) is 5.82 Å². The molecule has 0 saturated carbocycles. The summed E-state index contributed by atoms with van der Waals surface area (Å²) in [6, 6.07) is 7.22. The number of halogens is 1. The Balaban J connectivity index is 2.50. The van der Waals surface area contributed by atoms with Gasteiger partial charge in [0.15, 0.2) is 5.78 Å². The van der Waals surface area contributed by atoms with Crippen molar-refractivity contribution in [3.63, 3.8) is 0 Å². The number of hydrogen-bond donors (Lipinski definition) is 1. The van der Waals surface area contributed by atoms with Crippen LogP contribution < -0.4 is 5.73 Å². The summed E-state index contributed by atoms with van der Waals surface area (Å²) in [5, 5.41) is 0. The summed E-state index contributed by atoms with van der Waals surface area (Å²) >= 11 is 0. The number of carbonyl (C=O) groups is 1. The summed E-state index contributed by atoms with van der Waals surface area (Å²) in [5.41, 5.74) is 6.00. The Kier molecular flexibility index (Phi) is 2.64. The van der Waals surface area contributed by atoms with Crippen molar-refractivity contribution < 1.29 is 9.18 Å². The lowest BCUT2D eigenvalue weighted by Crippen LogP contribution is -2.08. The van der Waals surface area contributed by atoms with Gasteiger partial charge in [0.05, 0.1) is 5.56 Å². The Morgan fingerprint density at radius 1 is 1.19 bits per heavy atom. The minimum atomic E-state index is -0.609. The molecule has 80 valence electrons. The summed E-state index contributed by atoms with van der Waals surface area (Å²) in [4.78, 5) is 15.7. The number of rotatable bonds is 2. The maximum Gasteiger partial charge on any atom is 0.198 e. The SMILES string of the molecule is Nc1cccc(F)c1C(=O)c1ccncc1. The molecule has 1 heterocycles. The standard InChI is InChI=1S/C12H9FN2O/c13-9-2-1-3-10(14)11(9)12(16)8-4-6-15-7-5-8/h1-7H,14H2. The molecule has 0 fully saturated rings. The topological polar surface area (TPSA) is 56.0 Å². The first-order valence-corrected chi connectivity index (χ1v) is 4.69. The van der Waals surface area contributed by atoms with Gasteiger partial charge in [-0.3, -0.25) is 9.78 Å². The van der Waals surface area contributed by atoms with Crippen LogP contribution in [0.4, 0.5) is 10.1 Å². The Bertz CT molecular complexity index is 506. The van der Waals surface area contributed by atoms with E-state index >= 15 is 0 Å². The molecule has 0 amide bonds. The van der Waals surface area contributed by atoms with Crippen molar-refractivity contribution in [2.45, 2.75) is 0 Å². The number of pyridine rings is 1. The van der Waals surface area contributed by atoms with Crippen LogP contribution in [-0.4, -0.2) is 10.8 Å². The van der Waals surface area contributed by atoms with Crippen LogP contribution >= 0.6 is 0 Å². The molecule has 2 rings (SSSR count). The average Bonchev–Trinajstić information content (AvgIpc) is 2.30. The fraction of sp³-hybridized carbons (Fsp3) is 0. The third kappa shape index (κ3) is 1.77. The number of aromatic nitrogens is 1. The number of carbonyl (C=O) groups excluding carboxylic acids is 1. The van der Waals surface area contributed by atoms with Gasteiger partial charge in [0.25, 0.3) is 0 Å².